The second-order valence-corrected chi connectivity index (χ2v) is 7.19. The number of nitrogens with zero attached hydrogens (tertiary/aromatic N) is 3. The van der Waals surface area contributed by atoms with E-state index in [9.17, 15) is 4.79 Å². The number of carbonyl (C=O) groups excluding carboxylic acids is 1. The van der Waals surface area contributed by atoms with Crippen molar-refractivity contribution in [3.63, 3.8) is 0 Å². The molecule has 5 nitrogen and oxygen atoms in total. The molecule has 1 aromatic heterocycles. The summed E-state index contributed by atoms with van der Waals surface area (Å²) in [6.07, 6.45) is 3.40. The van der Waals surface area contributed by atoms with Gasteiger partial charge >= 0.3 is 0 Å². The molecular weight excluding hydrogens is 324 g/mol. The molecule has 0 spiro atoms. The summed E-state index contributed by atoms with van der Waals surface area (Å²) in [4.78, 5) is 17.2. The fraction of sp³-hybridized carbons (Fsp3) is 0.476. The van der Waals surface area contributed by atoms with Gasteiger partial charge in [-0.15, -0.1) is 0 Å². The van der Waals surface area contributed by atoms with Crippen molar-refractivity contribution in [3.8, 4) is 0 Å². The molecule has 1 aromatic carbocycles. The Morgan fingerprint density at radius 3 is 2.42 bits per heavy atom. The zero-order valence-electron chi connectivity index (χ0n) is 15.9. The average molecular weight is 354 g/mol. The average Bonchev–Trinajstić information content (AvgIpc) is 3.08. The summed E-state index contributed by atoms with van der Waals surface area (Å²) in [5.74, 6) is 0.127. The number of likely N-dealkylation sites (N-methyl/N-ethyl adjacent to an activating group) is 1. The van der Waals surface area contributed by atoms with E-state index in [2.05, 4.69) is 64.2 Å². The van der Waals surface area contributed by atoms with Crippen LogP contribution in [0.2, 0.25) is 0 Å². The van der Waals surface area contributed by atoms with Crippen molar-refractivity contribution in [1.82, 2.24) is 19.7 Å². The zero-order valence-corrected chi connectivity index (χ0v) is 15.9. The van der Waals surface area contributed by atoms with Crippen molar-refractivity contribution in [3.05, 3.63) is 59.9 Å². The quantitative estimate of drug-likeness (QED) is 0.827. The molecule has 2 heterocycles. The Labute approximate surface area is 156 Å². The van der Waals surface area contributed by atoms with Crippen molar-refractivity contribution >= 4 is 5.91 Å². The predicted octanol–water partition coefficient (Wildman–Crippen LogP) is 2.06. The molecule has 0 radical (unpaired) electrons. The smallest absolute Gasteiger partial charge is 0.220 e. The van der Waals surface area contributed by atoms with Gasteiger partial charge in [0.25, 0.3) is 0 Å². The van der Waals surface area contributed by atoms with Crippen LogP contribution in [0.3, 0.4) is 0 Å². The summed E-state index contributed by atoms with van der Waals surface area (Å²) < 4.78 is 2.17. The number of hydrogen-bond acceptors (Lipinski definition) is 3. The van der Waals surface area contributed by atoms with E-state index < -0.39 is 0 Å². The molecule has 3 rings (SSSR count). The topological polar surface area (TPSA) is 40.5 Å². The largest absolute Gasteiger partial charge is 0.354 e. The first kappa shape index (κ1) is 18.7. The van der Waals surface area contributed by atoms with Gasteiger partial charge in [0.05, 0.1) is 6.04 Å². The number of benzene rings is 1. The van der Waals surface area contributed by atoms with Crippen molar-refractivity contribution in [2.75, 3.05) is 39.8 Å². The number of rotatable bonds is 7. The summed E-state index contributed by atoms with van der Waals surface area (Å²) >= 11 is 0. The molecule has 1 amide bonds. The maximum atomic E-state index is 12.4. The van der Waals surface area contributed by atoms with Gasteiger partial charge in [-0.2, -0.15) is 0 Å². The SMILES string of the molecule is CN1CCN(C(CNC(=O)CCc2ccccc2)c2cccn2C)CC1. The highest BCUT2D eigenvalue weighted by Gasteiger charge is 2.25. The Hall–Kier alpha value is -2.11. The first-order valence-electron chi connectivity index (χ1n) is 9.48. The Kier molecular flexibility index (Phi) is 6.47. The third-order valence-electron chi connectivity index (χ3n) is 5.28. The minimum absolute atomic E-state index is 0.127. The molecule has 140 valence electrons. The molecule has 1 saturated heterocycles. The van der Waals surface area contributed by atoms with Gasteiger partial charge in [0.15, 0.2) is 0 Å². The van der Waals surface area contributed by atoms with Gasteiger partial charge in [-0.3, -0.25) is 9.69 Å². The van der Waals surface area contributed by atoms with Crippen LogP contribution in [-0.4, -0.2) is 60.0 Å². The van der Waals surface area contributed by atoms with E-state index in [0.29, 0.717) is 13.0 Å². The molecule has 0 bridgehead atoms. The second kappa shape index (κ2) is 9.01. The van der Waals surface area contributed by atoms with Gasteiger partial charge < -0.3 is 14.8 Å². The van der Waals surface area contributed by atoms with Gasteiger partial charge in [0, 0.05) is 58.1 Å². The molecule has 0 saturated carbocycles. The summed E-state index contributed by atoms with van der Waals surface area (Å²) in [7, 11) is 4.25. The zero-order chi connectivity index (χ0) is 18.4. The van der Waals surface area contributed by atoms with Gasteiger partial charge in [0.1, 0.15) is 0 Å². The third-order valence-corrected chi connectivity index (χ3v) is 5.28. The van der Waals surface area contributed by atoms with E-state index in [4.69, 9.17) is 0 Å². The number of hydrogen-bond donors (Lipinski definition) is 1. The van der Waals surface area contributed by atoms with E-state index in [1.165, 1.54) is 11.3 Å². The van der Waals surface area contributed by atoms with Gasteiger partial charge in [-0.05, 0) is 31.2 Å². The molecule has 1 atom stereocenters. The fourth-order valence-corrected chi connectivity index (χ4v) is 3.58. The van der Waals surface area contributed by atoms with Crippen LogP contribution in [0.25, 0.3) is 0 Å². The summed E-state index contributed by atoms with van der Waals surface area (Å²) in [5.41, 5.74) is 2.47. The molecule has 2 aromatic rings. The number of amides is 1. The number of nitrogens with one attached hydrogen (secondary N) is 1. The van der Waals surface area contributed by atoms with Crippen LogP contribution in [0, 0.1) is 0 Å². The van der Waals surface area contributed by atoms with Gasteiger partial charge in [-0.1, -0.05) is 30.3 Å². The van der Waals surface area contributed by atoms with Crippen LogP contribution in [0.4, 0.5) is 0 Å². The van der Waals surface area contributed by atoms with Crippen LogP contribution >= 0.6 is 0 Å². The van der Waals surface area contributed by atoms with Crippen molar-refractivity contribution in [2.45, 2.75) is 18.9 Å². The highest BCUT2D eigenvalue weighted by atomic mass is 16.1. The molecule has 1 aliphatic rings. The molecule has 1 unspecified atom stereocenters. The lowest BCUT2D eigenvalue weighted by atomic mass is 10.1. The van der Waals surface area contributed by atoms with Gasteiger partial charge in [-0.25, -0.2) is 0 Å². The van der Waals surface area contributed by atoms with Crippen molar-refractivity contribution in [2.24, 2.45) is 7.05 Å². The molecule has 1 fully saturated rings. The van der Waals surface area contributed by atoms with E-state index in [0.717, 1.165) is 32.6 Å². The minimum atomic E-state index is 0.127. The maximum absolute atomic E-state index is 12.4. The van der Waals surface area contributed by atoms with Crippen molar-refractivity contribution in [1.29, 1.82) is 0 Å². The molecule has 0 aliphatic carbocycles. The first-order chi connectivity index (χ1) is 12.6. The second-order valence-electron chi connectivity index (χ2n) is 7.19. The Morgan fingerprint density at radius 1 is 1.04 bits per heavy atom. The Bertz CT molecular complexity index is 689. The number of aryl methyl sites for hydroxylation is 2. The highest BCUT2D eigenvalue weighted by Crippen LogP contribution is 2.21. The summed E-state index contributed by atoms with van der Waals surface area (Å²) in [6.45, 7) is 4.87. The minimum Gasteiger partial charge on any atom is -0.354 e. The molecule has 1 N–H and O–H groups in total. The maximum Gasteiger partial charge on any atom is 0.220 e. The fourth-order valence-electron chi connectivity index (χ4n) is 3.58. The van der Waals surface area contributed by atoms with Crippen molar-refractivity contribution < 1.29 is 4.79 Å². The van der Waals surface area contributed by atoms with Crippen LogP contribution in [0.1, 0.15) is 23.7 Å². The standard InChI is InChI=1S/C21H30N4O/c1-23-13-15-25(16-14-23)20(19-9-6-12-24(19)2)17-22-21(26)11-10-18-7-4-3-5-8-18/h3-9,12,20H,10-11,13-17H2,1-2H3,(H,22,26). The molecule has 26 heavy (non-hydrogen) atoms. The summed E-state index contributed by atoms with van der Waals surface area (Å²) in [5, 5.41) is 3.17. The van der Waals surface area contributed by atoms with E-state index in [-0.39, 0.29) is 11.9 Å². The normalized spacial score (nSPS) is 17.2. The van der Waals surface area contributed by atoms with Crippen LogP contribution < -0.4 is 5.32 Å². The third kappa shape index (κ3) is 4.96. The lowest BCUT2D eigenvalue weighted by Gasteiger charge is -2.38. The van der Waals surface area contributed by atoms with E-state index >= 15 is 0 Å². The summed E-state index contributed by atoms with van der Waals surface area (Å²) in [6, 6.07) is 14.7. The lowest BCUT2D eigenvalue weighted by molar-refractivity contribution is -0.121. The Balaban J connectivity index is 1.57. The highest BCUT2D eigenvalue weighted by molar-refractivity contribution is 5.76. The monoisotopic (exact) mass is 354 g/mol. The number of carbonyl (C=O) groups is 1. The van der Waals surface area contributed by atoms with Crippen LogP contribution in [0.15, 0.2) is 48.7 Å². The molecular formula is C21H30N4O. The molecule has 1 aliphatic heterocycles. The van der Waals surface area contributed by atoms with E-state index in [1.54, 1.807) is 0 Å². The predicted molar refractivity (Wildman–Crippen MR) is 105 cm³/mol. The van der Waals surface area contributed by atoms with Gasteiger partial charge in [0.2, 0.25) is 5.91 Å². The van der Waals surface area contributed by atoms with Crippen LogP contribution in [-0.2, 0) is 18.3 Å². The van der Waals surface area contributed by atoms with Crippen LogP contribution in [0.5, 0.6) is 0 Å². The van der Waals surface area contributed by atoms with E-state index in [1.807, 2.05) is 18.2 Å². The Morgan fingerprint density at radius 2 is 1.77 bits per heavy atom. The lowest BCUT2D eigenvalue weighted by Crippen LogP contribution is -2.48. The number of aromatic nitrogens is 1. The molecule has 5 heteroatoms. The first-order valence-corrected chi connectivity index (χ1v) is 9.48. The number of piperazine rings is 1.